The van der Waals surface area contributed by atoms with Crippen molar-refractivity contribution in [1.82, 2.24) is 0 Å². The summed E-state index contributed by atoms with van der Waals surface area (Å²) in [6.45, 7) is 0. The smallest absolute Gasteiger partial charge is 1.00 e. The Morgan fingerprint density at radius 3 is 0.381 bits per heavy atom. The molecule has 104 valence electrons. The van der Waals surface area contributed by atoms with Crippen LogP contribution in [0.1, 0.15) is 0 Å². The van der Waals surface area contributed by atoms with Crippen LogP contribution in [-0.2, 0) is 13.7 Å². The zero-order valence-electron chi connectivity index (χ0n) is 10.2. The van der Waals surface area contributed by atoms with Gasteiger partial charge in [0.1, 0.15) is 0 Å². The van der Waals surface area contributed by atoms with E-state index in [0.29, 0.717) is 0 Å². The second-order valence-electron chi connectivity index (χ2n) is 1.34. The summed E-state index contributed by atoms with van der Waals surface area (Å²) in [4.78, 5) is 76.9. The average Bonchev–Trinajstić information content (AvgIpc) is 1.41. The third kappa shape index (κ3) is 310. The molecule has 0 aromatic rings. The predicted molar refractivity (Wildman–Crippen MR) is 51.6 cm³/mol. The Labute approximate surface area is 304 Å². The third-order valence-electron chi connectivity index (χ3n) is 0. The van der Waals surface area contributed by atoms with E-state index in [0.717, 1.165) is 0 Å². The molecule has 0 bridgehead atoms. The molecular weight excluding hydrogens is 742 g/mol. The van der Waals surface area contributed by atoms with E-state index in [1.165, 1.54) is 0 Å². The van der Waals surface area contributed by atoms with E-state index in [1.54, 1.807) is 0 Å². The van der Waals surface area contributed by atoms with E-state index in [2.05, 4.69) is 0 Å². The quantitative estimate of drug-likeness (QED) is 0.166. The van der Waals surface area contributed by atoms with E-state index in [4.69, 9.17) is 57.7 Å². The summed E-state index contributed by atoms with van der Waals surface area (Å²) >= 11 is 0. The second-order valence-corrected chi connectivity index (χ2v) is 4.02. The first-order valence-corrected chi connectivity index (χ1v) is 6.57. The van der Waals surface area contributed by atoms with E-state index in [-0.39, 0.29) is 232 Å². The van der Waals surface area contributed by atoms with Crippen molar-refractivity contribution in [3.8, 4) is 0 Å². The summed E-state index contributed by atoms with van der Waals surface area (Å²) in [7, 11) is -16.2. The van der Waals surface area contributed by atoms with Crippen LogP contribution in [0.25, 0.3) is 0 Å². The molecule has 0 saturated heterocycles. The zero-order valence-corrected chi connectivity index (χ0v) is 30.2. The van der Waals surface area contributed by atoms with Gasteiger partial charge >= 0.3 is 227 Å². The van der Waals surface area contributed by atoms with Crippen molar-refractivity contribution in [2.45, 2.75) is 0 Å². The fraction of sp³-hybridized carbons (Fsp3) is 0. The zero-order chi connectivity index (χ0) is 13.5. The molecule has 21 heavy (non-hydrogen) atoms. The van der Waals surface area contributed by atoms with Crippen molar-refractivity contribution >= 4 is 251 Å². The van der Waals surface area contributed by atoms with Gasteiger partial charge in [-0.1, -0.05) is 0 Å². The van der Waals surface area contributed by atoms with Crippen molar-refractivity contribution in [3.05, 3.63) is 0 Å². The van der Waals surface area contributed by atoms with E-state index < -0.39 is 23.5 Å². The molecule has 0 aliphatic heterocycles. The minimum atomic E-state index is -5.39. The normalized spacial score (nSPS) is 8.43. The van der Waals surface area contributed by atoms with E-state index in [1.807, 2.05) is 0 Å². The molecule has 0 spiro atoms. The SMILES string of the molecule is O=P([O-])([O-])[O-].O=P([O-])([O-])[O-].O=P([O-])([O-])[O-].[F-].[Sr+2].[Sr+2].[Sr+2].[Sr+2].[Sr+2]. The van der Waals surface area contributed by atoms with Gasteiger partial charge in [-0.3, -0.25) is 0 Å². The largest absolute Gasteiger partial charge is 2.00 e. The van der Waals surface area contributed by atoms with Gasteiger partial charge in [0.15, 0.2) is 0 Å². The van der Waals surface area contributed by atoms with Gasteiger partial charge in [-0.2, -0.15) is 23.5 Å². The van der Waals surface area contributed by atoms with Crippen LogP contribution in [0, 0.1) is 0 Å². The minimum absolute atomic E-state index is 0. The molecule has 0 N–H and O–H groups in total. The summed E-state index contributed by atoms with van der Waals surface area (Å²) in [5.41, 5.74) is 0. The molecule has 0 fully saturated rings. The molecule has 0 unspecified atom stereocenters. The van der Waals surface area contributed by atoms with Crippen molar-refractivity contribution in [2.75, 3.05) is 0 Å². The van der Waals surface area contributed by atoms with Crippen LogP contribution in [-0.4, -0.2) is 227 Å². The van der Waals surface area contributed by atoms with Crippen LogP contribution in [0.4, 0.5) is 0 Å². The van der Waals surface area contributed by atoms with Gasteiger partial charge in [0.05, 0.1) is 0 Å². The molecule has 21 heteroatoms. The molecule has 0 aromatic heterocycles. The molecule has 12 nitrogen and oxygen atoms in total. The van der Waals surface area contributed by atoms with Gasteiger partial charge in [-0.15, -0.1) is 0 Å². The topological polar surface area (TPSA) is 259 Å². The van der Waals surface area contributed by atoms with Gasteiger partial charge in [0.25, 0.3) is 0 Å². The maximum absolute atomic E-state index is 8.55. The van der Waals surface area contributed by atoms with E-state index in [9.17, 15) is 0 Å². The Morgan fingerprint density at radius 1 is 0.381 bits per heavy atom. The summed E-state index contributed by atoms with van der Waals surface area (Å²) in [6, 6.07) is 0. The summed E-state index contributed by atoms with van der Waals surface area (Å²) in [5, 5.41) is 0. The first-order valence-electron chi connectivity index (χ1n) is 2.19. The van der Waals surface area contributed by atoms with Gasteiger partial charge < -0.3 is 62.4 Å². The Kier molecular flexibility index (Phi) is 80.7. The molecule has 0 rings (SSSR count). The van der Waals surface area contributed by atoms with E-state index >= 15 is 0 Å². The monoisotopic (exact) mass is 743 g/mol. The second kappa shape index (κ2) is 29.9. The van der Waals surface area contributed by atoms with Gasteiger partial charge in [0, 0.05) is 0 Å². The third-order valence-corrected chi connectivity index (χ3v) is 0. The van der Waals surface area contributed by atoms with Crippen LogP contribution in [0.5, 0.6) is 0 Å². The van der Waals surface area contributed by atoms with Crippen molar-refractivity contribution in [3.63, 3.8) is 0 Å². The average molecular weight is 742 g/mol. The first-order chi connectivity index (χ1) is 6.00. The Balaban J connectivity index is -0.0000000129. The molecule has 0 saturated carbocycles. The van der Waals surface area contributed by atoms with Gasteiger partial charge in [0.2, 0.25) is 0 Å². The molecule has 0 aliphatic carbocycles. The van der Waals surface area contributed by atoms with Crippen LogP contribution in [0.3, 0.4) is 0 Å². The summed E-state index contributed by atoms with van der Waals surface area (Å²) < 4.78 is 25.6. The molecule has 0 amide bonds. The van der Waals surface area contributed by atoms with Crippen LogP contribution < -0.4 is 48.7 Å². The summed E-state index contributed by atoms with van der Waals surface area (Å²) in [6.07, 6.45) is 0. The number of phosphoric acid groups is 3. The number of hydrogen-bond donors (Lipinski definition) is 0. The Morgan fingerprint density at radius 2 is 0.381 bits per heavy atom. The van der Waals surface area contributed by atoms with Crippen LogP contribution in [0.2, 0.25) is 0 Å². The molecule has 0 radical (unpaired) electrons. The fourth-order valence-electron chi connectivity index (χ4n) is 0. The Hall–Kier alpha value is 7.66. The fourth-order valence-corrected chi connectivity index (χ4v) is 0. The van der Waals surface area contributed by atoms with Crippen LogP contribution in [0.15, 0.2) is 0 Å². The van der Waals surface area contributed by atoms with Gasteiger partial charge in [-0.05, 0) is 0 Å². The molecule has 0 aliphatic rings. The standard InChI is InChI=1S/FH.3H3O4P.5Sr/c;3*1-5(2,3)4;;;;;/h1H;3*(H3,1,2,3,4);;;;;/q;;;;5*+2/p-10. The van der Waals surface area contributed by atoms with Crippen LogP contribution >= 0.6 is 23.5 Å². The number of hydrogen-bond acceptors (Lipinski definition) is 12. The minimum Gasteiger partial charge on any atom is -1.00 e. The predicted octanol–water partition coefficient (Wildman–Crippen LogP) is -13.4. The van der Waals surface area contributed by atoms with Gasteiger partial charge in [-0.25, -0.2) is 0 Å². The Bertz CT molecular complexity index is 219. The van der Waals surface area contributed by atoms with Crippen molar-refractivity contribution in [1.29, 1.82) is 0 Å². The number of rotatable bonds is 0. The maximum atomic E-state index is 8.55. The molecular formula is FO12P3Sr5. The molecule has 0 aromatic carbocycles. The number of halogens is 1. The van der Waals surface area contributed by atoms with Crippen molar-refractivity contribution < 1.29 is 62.4 Å². The molecule has 0 heterocycles. The first kappa shape index (κ1) is 56.7. The maximum Gasteiger partial charge on any atom is 2.00 e. The molecule has 0 atom stereocenters. The van der Waals surface area contributed by atoms with Crippen molar-refractivity contribution in [2.24, 2.45) is 0 Å². The summed E-state index contributed by atoms with van der Waals surface area (Å²) in [5.74, 6) is 0.